The highest BCUT2D eigenvalue weighted by atomic mass is 15.2. The number of para-hydroxylation sites is 1. The van der Waals surface area contributed by atoms with Gasteiger partial charge in [0.25, 0.3) is 0 Å². The zero-order chi connectivity index (χ0) is 23.6. The summed E-state index contributed by atoms with van der Waals surface area (Å²) in [6.45, 7) is 0.714. The summed E-state index contributed by atoms with van der Waals surface area (Å²) in [6.07, 6.45) is 1.89. The lowest BCUT2D eigenvalue weighted by atomic mass is 9.91. The molecule has 0 saturated heterocycles. The number of fused-ring (bicyclic) bond motifs is 2. The van der Waals surface area contributed by atoms with E-state index in [1.807, 2.05) is 42.2 Å². The van der Waals surface area contributed by atoms with Crippen LogP contribution in [-0.2, 0) is 7.05 Å². The van der Waals surface area contributed by atoms with E-state index in [1.165, 1.54) is 11.1 Å². The SMILES string of the molecule is Cn1ncc2c(-c3nc(NCC(c4ccccc4)c4ccccc4)c4ccccc4n3)cccc21. The summed E-state index contributed by atoms with van der Waals surface area (Å²) >= 11 is 0. The topological polar surface area (TPSA) is 55.6 Å². The van der Waals surface area contributed by atoms with Crippen molar-refractivity contribution >= 4 is 27.6 Å². The van der Waals surface area contributed by atoms with Crippen molar-refractivity contribution in [2.24, 2.45) is 7.05 Å². The third-order valence-electron chi connectivity index (χ3n) is 6.51. The Hall–Kier alpha value is -4.51. The molecule has 0 amide bonds. The molecule has 1 N–H and O–H groups in total. The van der Waals surface area contributed by atoms with E-state index in [0.717, 1.165) is 33.2 Å². The van der Waals surface area contributed by atoms with Gasteiger partial charge in [0.2, 0.25) is 0 Å². The minimum Gasteiger partial charge on any atom is -0.368 e. The average Bonchev–Trinajstić information content (AvgIpc) is 3.30. The minimum absolute atomic E-state index is 0.191. The second-order valence-corrected chi connectivity index (χ2v) is 8.67. The van der Waals surface area contributed by atoms with Crippen molar-refractivity contribution in [1.29, 1.82) is 0 Å². The summed E-state index contributed by atoms with van der Waals surface area (Å²) in [7, 11) is 1.95. The van der Waals surface area contributed by atoms with Crippen LogP contribution in [0, 0.1) is 0 Å². The number of benzene rings is 4. The van der Waals surface area contributed by atoms with E-state index >= 15 is 0 Å². The number of hydrogen-bond donors (Lipinski definition) is 1. The fourth-order valence-corrected chi connectivity index (χ4v) is 4.70. The van der Waals surface area contributed by atoms with Crippen LogP contribution < -0.4 is 5.32 Å². The molecule has 2 heterocycles. The molecule has 0 saturated carbocycles. The molecule has 0 atom stereocenters. The highest BCUT2D eigenvalue weighted by molar-refractivity contribution is 5.96. The first-order chi connectivity index (χ1) is 17.3. The van der Waals surface area contributed by atoms with E-state index in [0.29, 0.717) is 12.4 Å². The van der Waals surface area contributed by atoms with Gasteiger partial charge in [-0.1, -0.05) is 84.9 Å². The van der Waals surface area contributed by atoms with E-state index in [-0.39, 0.29) is 5.92 Å². The van der Waals surface area contributed by atoms with Crippen LogP contribution in [0.5, 0.6) is 0 Å². The predicted octanol–water partition coefficient (Wildman–Crippen LogP) is 6.43. The number of aryl methyl sites for hydroxylation is 1. The molecule has 35 heavy (non-hydrogen) atoms. The summed E-state index contributed by atoms with van der Waals surface area (Å²) in [5, 5.41) is 10.2. The van der Waals surface area contributed by atoms with E-state index < -0.39 is 0 Å². The fourth-order valence-electron chi connectivity index (χ4n) is 4.70. The van der Waals surface area contributed by atoms with Crippen LogP contribution in [0.25, 0.3) is 33.2 Å². The maximum atomic E-state index is 5.03. The second kappa shape index (κ2) is 9.03. The van der Waals surface area contributed by atoms with Crippen molar-refractivity contribution in [3.8, 4) is 11.4 Å². The summed E-state index contributed by atoms with van der Waals surface area (Å²) in [6, 6.07) is 35.6. The maximum Gasteiger partial charge on any atom is 0.162 e. The monoisotopic (exact) mass is 455 g/mol. The van der Waals surface area contributed by atoms with Crippen molar-refractivity contribution < 1.29 is 0 Å². The van der Waals surface area contributed by atoms with Gasteiger partial charge in [-0.2, -0.15) is 5.10 Å². The minimum atomic E-state index is 0.191. The normalized spacial score (nSPS) is 11.4. The number of rotatable bonds is 6. The molecule has 5 heteroatoms. The molecular weight excluding hydrogens is 430 g/mol. The fraction of sp³-hybridized carbons (Fsp3) is 0.100. The zero-order valence-corrected chi connectivity index (χ0v) is 19.5. The second-order valence-electron chi connectivity index (χ2n) is 8.67. The summed E-state index contributed by atoms with van der Waals surface area (Å²) in [4.78, 5) is 9.95. The Morgan fingerprint density at radius 3 is 2.14 bits per heavy atom. The van der Waals surface area contributed by atoms with Gasteiger partial charge < -0.3 is 5.32 Å². The van der Waals surface area contributed by atoms with Crippen LogP contribution in [0.4, 0.5) is 5.82 Å². The molecule has 6 aromatic rings. The molecule has 2 aromatic heterocycles. The smallest absolute Gasteiger partial charge is 0.162 e. The van der Waals surface area contributed by atoms with Gasteiger partial charge in [-0.25, -0.2) is 9.97 Å². The molecule has 5 nitrogen and oxygen atoms in total. The lowest BCUT2D eigenvalue weighted by Crippen LogP contribution is -2.15. The standard InChI is InChI=1S/C30H25N5/c1-35-28-18-10-16-23(26(28)20-32-35)30-33-27-17-9-8-15-24(27)29(34-30)31-19-25(21-11-4-2-5-12-21)22-13-6-3-7-14-22/h2-18,20,25H,19H2,1H3,(H,31,33,34). The third-order valence-corrected chi connectivity index (χ3v) is 6.51. The van der Waals surface area contributed by atoms with Crippen molar-refractivity contribution in [3.05, 3.63) is 120 Å². The molecule has 4 aromatic carbocycles. The summed E-state index contributed by atoms with van der Waals surface area (Å²) < 4.78 is 1.88. The van der Waals surface area contributed by atoms with Gasteiger partial charge >= 0.3 is 0 Å². The van der Waals surface area contributed by atoms with Crippen LogP contribution in [0.15, 0.2) is 109 Å². The third kappa shape index (κ3) is 4.02. The van der Waals surface area contributed by atoms with Gasteiger partial charge in [0.15, 0.2) is 5.82 Å². The van der Waals surface area contributed by atoms with Gasteiger partial charge in [0.05, 0.1) is 17.2 Å². The quantitative estimate of drug-likeness (QED) is 0.315. The molecule has 0 bridgehead atoms. The van der Waals surface area contributed by atoms with Gasteiger partial charge in [-0.3, -0.25) is 4.68 Å². The molecular formula is C30H25N5. The van der Waals surface area contributed by atoms with Gasteiger partial charge in [-0.05, 0) is 29.3 Å². The number of anilines is 1. The predicted molar refractivity (Wildman–Crippen MR) is 142 cm³/mol. The molecule has 0 aliphatic heterocycles. The Morgan fingerprint density at radius 2 is 1.40 bits per heavy atom. The Labute approximate surface area is 204 Å². The molecule has 170 valence electrons. The summed E-state index contributed by atoms with van der Waals surface area (Å²) in [5.41, 5.74) is 5.49. The van der Waals surface area contributed by atoms with Crippen LogP contribution in [0.2, 0.25) is 0 Å². The van der Waals surface area contributed by atoms with Gasteiger partial charge in [-0.15, -0.1) is 0 Å². The summed E-state index contributed by atoms with van der Waals surface area (Å²) in [5.74, 6) is 1.72. The molecule has 0 aliphatic carbocycles. The molecule has 0 unspecified atom stereocenters. The lowest BCUT2D eigenvalue weighted by Gasteiger charge is -2.20. The highest BCUT2D eigenvalue weighted by Crippen LogP contribution is 2.31. The van der Waals surface area contributed by atoms with Crippen LogP contribution in [0.1, 0.15) is 17.0 Å². The van der Waals surface area contributed by atoms with Gasteiger partial charge in [0.1, 0.15) is 5.82 Å². The molecule has 6 rings (SSSR count). The van der Waals surface area contributed by atoms with E-state index in [9.17, 15) is 0 Å². The van der Waals surface area contributed by atoms with Crippen molar-refractivity contribution in [3.63, 3.8) is 0 Å². The largest absolute Gasteiger partial charge is 0.368 e. The first-order valence-electron chi connectivity index (χ1n) is 11.8. The lowest BCUT2D eigenvalue weighted by molar-refractivity contribution is 0.797. The number of aromatic nitrogens is 4. The van der Waals surface area contributed by atoms with Crippen molar-refractivity contribution in [1.82, 2.24) is 19.7 Å². The van der Waals surface area contributed by atoms with Gasteiger partial charge in [0, 0.05) is 35.8 Å². The highest BCUT2D eigenvalue weighted by Gasteiger charge is 2.17. The molecule has 0 spiro atoms. The number of nitrogens with one attached hydrogen (secondary N) is 1. The first-order valence-corrected chi connectivity index (χ1v) is 11.8. The molecule has 0 fully saturated rings. The molecule has 0 radical (unpaired) electrons. The Bertz CT molecular complexity index is 1570. The Balaban J connectivity index is 1.43. The van der Waals surface area contributed by atoms with Crippen LogP contribution >= 0.6 is 0 Å². The molecule has 0 aliphatic rings. The maximum absolute atomic E-state index is 5.03. The van der Waals surface area contributed by atoms with E-state index in [4.69, 9.17) is 9.97 Å². The average molecular weight is 456 g/mol. The Kier molecular flexibility index (Phi) is 5.43. The number of hydrogen-bond acceptors (Lipinski definition) is 4. The number of nitrogens with zero attached hydrogens (tertiary/aromatic N) is 4. The first kappa shape index (κ1) is 21.1. The van der Waals surface area contributed by atoms with Crippen LogP contribution in [0.3, 0.4) is 0 Å². The van der Waals surface area contributed by atoms with E-state index in [1.54, 1.807) is 0 Å². The van der Waals surface area contributed by atoms with E-state index in [2.05, 4.69) is 89.3 Å². The van der Waals surface area contributed by atoms with Crippen molar-refractivity contribution in [2.75, 3.05) is 11.9 Å². The zero-order valence-electron chi connectivity index (χ0n) is 19.5. The van der Waals surface area contributed by atoms with Crippen LogP contribution in [-0.4, -0.2) is 26.3 Å². The Morgan fingerprint density at radius 1 is 0.714 bits per heavy atom. The van der Waals surface area contributed by atoms with Crippen molar-refractivity contribution in [2.45, 2.75) is 5.92 Å².